The lowest BCUT2D eigenvalue weighted by molar-refractivity contribution is 0.597. The maximum absolute atomic E-state index is 4.77. The molecule has 0 amide bonds. The van der Waals surface area contributed by atoms with Crippen LogP contribution in [-0.4, -0.2) is 14.8 Å². The smallest absolute Gasteiger partial charge is 0.159 e. The second-order valence-electron chi connectivity index (χ2n) is 6.52. The summed E-state index contributed by atoms with van der Waals surface area (Å²) < 4.78 is 2.05. The van der Waals surface area contributed by atoms with Gasteiger partial charge in [0.25, 0.3) is 0 Å². The van der Waals surface area contributed by atoms with Crippen LogP contribution in [-0.2, 0) is 0 Å². The number of hydrogen-bond donors (Lipinski definition) is 0. The SMILES string of the molecule is Cc1ccc(-c2nc(C)nn2C(c2ccccc2)c2ccccc2)cc1. The molecule has 0 aliphatic heterocycles. The summed E-state index contributed by atoms with van der Waals surface area (Å²) >= 11 is 0. The predicted molar refractivity (Wildman–Crippen MR) is 105 cm³/mol. The molecule has 1 aromatic heterocycles. The van der Waals surface area contributed by atoms with Crippen molar-refractivity contribution in [1.82, 2.24) is 14.8 Å². The van der Waals surface area contributed by atoms with Crippen molar-refractivity contribution in [3.8, 4) is 11.4 Å². The van der Waals surface area contributed by atoms with Gasteiger partial charge in [0.1, 0.15) is 11.9 Å². The van der Waals surface area contributed by atoms with E-state index in [1.54, 1.807) is 0 Å². The zero-order chi connectivity index (χ0) is 17.9. The van der Waals surface area contributed by atoms with Crippen LogP contribution in [0.25, 0.3) is 11.4 Å². The van der Waals surface area contributed by atoms with Crippen LogP contribution in [0.2, 0.25) is 0 Å². The Morgan fingerprint density at radius 1 is 0.692 bits per heavy atom. The van der Waals surface area contributed by atoms with E-state index in [2.05, 4.69) is 79.7 Å². The van der Waals surface area contributed by atoms with Crippen LogP contribution in [0.4, 0.5) is 0 Å². The van der Waals surface area contributed by atoms with Gasteiger partial charge in [0, 0.05) is 5.56 Å². The van der Waals surface area contributed by atoms with Gasteiger partial charge in [-0.15, -0.1) is 0 Å². The van der Waals surface area contributed by atoms with E-state index < -0.39 is 0 Å². The molecule has 0 N–H and O–H groups in total. The minimum absolute atomic E-state index is 0.0186. The number of aryl methyl sites for hydroxylation is 2. The number of nitrogens with zero attached hydrogens (tertiary/aromatic N) is 3. The van der Waals surface area contributed by atoms with Crippen LogP contribution in [0, 0.1) is 13.8 Å². The second-order valence-corrected chi connectivity index (χ2v) is 6.52. The van der Waals surface area contributed by atoms with Crippen LogP contribution >= 0.6 is 0 Å². The average molecular weight is 339 g/mol. The molecule has 4 rings (SSSR count). The van der Waals surface area contributed by atoms with Crippen LogP contribution < -0.4 is 0 Å². The van der Waals surface area contributed by atoms with Gasteiger partial charge >= 0.3 is 0 Å². The summed E-state index contributed by atoms with van der Waals surface area (Å²) in [4.78, 5) is 4.73. The molecule has 1 heterocycles. The van der Waals surface area contributed by atoms with Crippen molar-refractivity contribution in [2.75, 3.05) is 0 Å². The second kappa shape index (κ2) is 6.96. The lowest BCUT2D eigenvalue weighted by atomic mass is 9.98. The van der Waals surface area contributed by atoms with Gasteiger partial charge in [0.05, 0.1) is 0 Å². The third-order valence-electron chi connectivity index (χ3n) is 4.52. The molecule has 3 aromatic carbocycles. The van der Waals surface area contributed by atoms with Crippen molar-refractivity contribution in [1.29, 1.82) is 0 Å². The standard InChI is InChI=1S/C23H21N3/c1-17-13-15-21(16-14-17)23-24-18(2)25-26(23)22(19-9-5-3-6-10-19)20-11-7-4-8-12-20/h3-16,22H,1-2H3. The Balaban J connectivity index is 1.91. The van der Waals surface area contributed by atoms with Gasteiger partial charge in [-0.3, -0.25) is 0 Å². The molecule has 3 heteroatoms. The minimum Gasteiger partial charge on any atom is -0.233 e. The summed E-state index contributed by atoms with van der Waals surface area (Å²) in [5.41, 5.74) is 4.70. The molecule has 0 fully saturated rings. The molecule has 0 radical (unpaired) electrons. The summed E-state index contributed by atoms with van der Waals surface area (Å²) in [6.45, 7) is 4.04. The van der Waals surface area contributed by atoms with Gasteiger partial charge in [-0.2, -0.15) is 5.10 Å². The fourth-order valence-electron chi connectivity index (χ4n) is 3.26. The van der Waals surface area contributed by atoms with Gasteiger partial charge in [-0.05, 0) is 25.0 Å². The van der Waals surface area contributed by atoms with Crippen molar-refractivity contribution >= 4 is 0 Å². The molecule has 0 atom stereocenters. The molecule has 26 heavy (non-hydrogen) atoms. The molecule has 0 aliphatic rings. The molecule has 4 aromatic rings. The van der Waals surface area contributed by atoms with Gasteiger partial charge < -0.3 is 0 Å². The average Bonchev–Trinajstić information content (AvgIpc) is 3.05. The van der Waals surface area contributed by atoms with Crippen LogP contribution in [0.3, 0.4) is 0 Å². The summed E-state index contributed by atoms with van der Waals surface area (Å²) in [5.74, 6) is 1.66. The summed E-state index contributed by atoms with van der Waals surface area (Å²) in [6, 6.07) is 29.4. The largest absolute Gasteiger partial charge is 0.233 e. The highest BCUT2D eigenvalue weighted by atomic mass is 15.4. The summed E-state index contributed by atoms with van der Waals surface area (Å²) in [5, 5.41) is 4.77. The summed E-state index contributed by atoms with van der Waals surface area (Å²) in [7, 11) is 0. The highest BCUT2D eigenvalue weighted by Crippen LogP contribution is 2.30. The Labute approximate surface area is 154 Å². The maximum Gasteiger partial charge on any atom is 0.159 e. The fourth-order valence-corrected chi connectivity index (χ4v) is 3.26. The first-order valence-electron chi connectivity index (χ1n) is 8.82. The quantitative estimate of drug-likeness (QED) is 0.511. The molecular weight excluding hydrogens is 318 g/mol. The first-order chi connectivity index (χ1) is 12.7. The number of rotatable bonds is 4. The van der Waals surface area contributed by atoms with Crippen LogP contribution in [0.1, 0.15) is 28.6 Å². The maximum atomic E-state index is 4.77. The zero-order valence-electron chi connectivity index (χ0n) is 15.0. The molecular formula is C23H21N3. The molecule has 0 spiro atoms. The van der Waals surface area contributed by atoms with E-state index in [0.717, 1.165) is 17.2 Å². The lowest BCUT2D eigenvalue weighted by Gasteiger charge is -2.20. The van der Waals surface area contributed by atoms with Crippen molar-refractivity contribution in [3.63, 3.8) is 0 Å². The third-order valence-corrected chi connectivity index (χ3v) is 4.52. The summed E-state index contributed by atoms with van der Waals surface area (Å²) in [6.07, 6.45) is 0. The van der Waals surface area contributed by atoms with E-state index in [1.165, 1.54) is 16.7 Å². The first-order valence-corrected chi connectivity index (χ1v) is 8.82. The van der Waals surface area contributed by atoms with Crippen LogP contribution in [0.15, 0.2) is 84.9 Å². The van der Waals surface area contributed by atoms with E-state index >= 15 is 0 Å². The van der Waals surface area contributed by atoms with Crippen LogP contribution in [0.5, 0.6) is 0 Å². The number of aromatic nitrogens is 3. The topological polar surface area (TPSA) is 30.7 Å². The third kappa shape index (κ3) is 3.16. The van der Waals surface area contributed by atoms with Gasteiger partial charge in [0.15, 0.2) is 5.82 Å². The van der Waals surface area contributed by atoms with E-state index in [-0.39, 0.29) is 6.04 Å². The fraction of sp³-hybridized carbons (Fsp3) is 0.130. The van der Waals surface area contributed by atoms with Crippen molar-refractivity contribution in [3.05, 3.63) is 107 Å². The van der Waals surface area contributed by atoms with E-state index in [9.17, 15) is 0 Å². The Kier molecular flexibility index (Phi) is 4.36. The number of benzene rings is 3. The van der Waals surface area contributed by atoms with Gasteiger partial charge in [-0.1, -0.05) is 90.5 Å². The highest BCUT2D eigenvalue weighted by molar-refractivity contribution is 5.56. The van der Waals surface area contributed by atoms with E-state index in [0.29, 0.717) is 0 Å². The highest BCUT2D eigenvalue weighted by Gasteiger charge is 2.22. The Hall–Kier alpha value is -3.20. The van der Waals surface area contributed by atoms with Gasteiger partial charge in [-0.25, -0.2) is 9.67 Å². The number of hydrogen-bond acceptors (Lipinski definition) is 2. The molecule has 0 aliphatic carbocycles. The molecule has 0 bridgehead atoms. The molecule has 0 unspecified atom stereocenters. The molecule has 3 nitrogen and oxygen atoms in total. The zero-order valence-corrected chi connectivity index (χ0v) is 15.0. The van der Waals surface area contributed by atoms with Gasteiger partial charge in [0.2, 0.25) is 0 Å². The van der Waals surface area contributed by atoms with E-state index in [1.807, 2.05) is 23.7 Å². The lowest BCUT2D eigenvalue weighted by Crippen LogP contribution is -2.15. The molecule has 0 saturated heterocycles. The first kappa shape index (κ1) is 16.3. The molecule has 0 saturated carbocycles. The normalized spacial score (nSPS) is 11.0. The Morgan fingerprint density at radius 2 is 1.23 bits per heavy atom. The molecule has 128 valence electrons. The minimum atomic E-state index is -0.0186. The Bertz CT molecular complexity index is 947. The Morgan fingerprint density at radius 3 is 1.77 bits per heavy atom. The van der Waals surface area contributed by atoms with E-state index in [4.69, 9.17) is 10.1 Å². The van der Waals surface area contributed by atoms with Crippen molar-refractivity contribution in [2.24, 2.45) is 0 Å². The van der Waals surface area contributed by atoms with Crippen molar-refractivity contribution in [2.45, 2.75) is 19.9 Å². The van der Waals surface area contributed by atoms with Crippen molar-refractivity contribution < 1.29 is 0 Å². The predicted octanol–water partition coefficient (Wildman–Crippen LogP) is 5.20. The monoisotopic (exact) mass is 339 g/mol.